The first kappa shape index (κ1) is 16.1. The van der Waals surface area contributed by atoms with Gasteiger partial charge in [0.05, 0.1) is 19.3 Å². The Morgan fingerprint density at radius 3 is 3.12 bits per heavy atom. The summed E-state index contributed by atoms with van der Waals surface area (Å²) >= 11 is 0. The molecule has 0 radical (unpaired) electrons. The molecule has 3 heterocycles. The fourth-order valence-electron chi connectivity index (χ4n) is 3.70. The Morgan fingerprint density at radius 1 is 1.28 bits per heavy atom. The molecule has 1 aromatic heterocycles. The normalized spacial score (nSPS) is 22.4. The molecule has 0 unspecified atom stereocenters. The number of aliphatic hydroxyl groups excluding tert-OH is 1. The fourth-order valence-corrected chi connectivity index (χ4v) is 3.70. The topological polar surface area (TPSA) is 70.5 Å². The van der Waals surface area contributed by atoms with Gasteiger partial charge in [0.15, 0.2) is 0 Å². The van der Waals surface area contributed by atoms with Gasteiger partial charge in [-0.2, -0.15) is 0 Å². The van der Waals surface area contributed by atoms with Gasteiger partial charge < -0.3 is 20.1 Å². The third-order valence-electron chi connectivity index (χ3n) is 5.06. The van der Waals surface area contributed by atoms with Crippen LogP contribution in [0, 0.1) is 5.92 Å². The first-order valence-corrected chi connectivity index (χ1v) is 8.97. The van der Waals surface area contributed by atoms with Gasteiger partial charge in [-0.25, -0.2) is 9.97 Å². The van der Waals surface area contributed by atoms with Gasteiger partial charge in [-0.3, -0.25) is 0 Å². The quantitative estimate of drug-likeness (QED) is 0.869. The van der Waals surface area contributed by atoms with Crippen LogP contribution in [0.2, 0.25) is 0 Å². The van der Waals surface area contributed by atoms with E-state index >= 15 is 0 Å². The highest BCUT2D eigenvalue weighted by atomic mass is 16.5. The Morgan fingerprint density at radius 2 is 2.20 bits per heavy atom. The molecule has 0 amide bonds. The summed E-state index contributed by atoms with van der Waals surface area (Å²) in [5.74, 6) is 3.14. The molecule has 25 heavy (non-hydrogen) atoms. The summed E-state index contributed by atoms with van der Waals surface area (Å²) in [5, 5.41) is 12.9. The summed E-state index contributed by atoms with van der Waals surface area (Å²) in [6.07, 6.45) is 4.72. The van der Waals surface area contributed by atoms with Crippen LogP contribution in [-0.2, 0) is 6.42 Å². The number of nitrogens with zero attached hydrogens (tertiary/aromatic N) is 3. The molecule has 132 valence electrons. The molecule has 1 fully saturated rings. The van der Waals surface area contributed by atoms with Crippen molar-refractivity contribution in [1.82, 2.24) is 9.97 Å². The third kappa shape index (κ3) is 3.54. The van der Waals surface area contributed by atoms with Crippen LogP contribution in [0.15, 0.2) is 36.7 Å². The average Bonchev–Trinajstić information content (AvgIpc) is 3.15. The summed E-state index contributed by atoms with van der Waals surface area (Å²) in [7, 11) is 0. The van der Waals surface area contributed by atoms with Crippen LogP contribution in [0.4, 0.5) is 11.6 Å². The molecule has 2 atom stereocenters. The van der Waals surface area contributed by atoms with Crippen LogP contribution in [0.25, 0.3) is 0 Å². The van der Waals surface area contributed by atoms with E-state index in [-0.39, 0.29) is 12.6 Å². The zero-order valence-electron chi connectivity index (χ0n) is 14.3. The predicted octanol–water partition coefficient (Wildman–Crippen LogP) is 2.10. The maximum Gasteiger partial charge on any atom is 0.134 e. The summed E-state index contributed by atoms with van der Waals surface area (Å²) < 4.78 is 5.85. The number of aliphatic hydroxyl groups is 1. The lowest BCUT2D eigenvalue weighted by Crippen LogP contribution is -2.33. The number of hydrogen-bond acceptors (Lipinski definition) is 6. The molecule has 2 N–H and O–H groups in total. The summed E-state index contributed by atoms with van der Waals surface area (Å²) in [6, 6.07) is 10.4. The largest absolute Gasteiger partial charge is 0.493 e. The molecular formula is C19H24N4O2. The van der Waals surface area contributed by atoms with Crippen molar-refractivity contribution in [3.63, 3.8) is 0 Å². The van der Waals surface area contributed by atoms with E-state index in [9.17, 15) is 5.11 Å². The lowest BCUT2D eigenvalue weighted by Gasteiger charge is -2.26. The van der Waals surface area contributed by atoms with Gasteiger partial charge in [0.2, 0.25) is 0 Å². The Labute approximate surface area is 147 Å². The number of hydrogen-bond donors (Lipinski definition) is 2. The Balaban J connectivity index is 1.38. The number of ether oxygens (including phenoxy) is 1. The van der Waals surface area contributed by atoms with Gasteiger partial charge in [0.1, 0.15) is 23.7 Å². The van der Waals surface area contributed by atoms with Crippen molar-refractivity contribution < 1.29 is 9.84 Å². The highest BCUT2D eigenvalue weighted by molar-refractivity contribution is 5.50. The van der Waals surface area contributed by atoms with Gasteiger partial charge in [-0.05, 0) is 30.9 Å². The molecule has 0 saturated carbocycles. The maximum absolute atomic E-state index is 9.51. The van der Waals surface area contributed by atoms with E-state index in [2.05, 4.69) is 32.3 Å². The van der Waals surface area contributed by atoms with Crippen LogP contribution >= 0.6 is 0 Å². The van der Waals surface area contributed by atoms with E-state index < -0.39 is 0 Å². The molecule has 6 nitrogen and oxygen atoms in total. The summed E-state index contributed by atoms with van der Waals surface area (Å²) in [5.41, 5.74) is 1.27. The van der Waals surface area contributed by atoms with Crippen molar-refractivity contribution >= 4 is 11.6 Å². The zero-order chi connectivity index (χ0) is 17.1. The number of para-hydroxylation sites is 1. The monoisotopic (exact) mass is 340 g/mol. The highest BCUT2D eigenvalue weighted by Crippen LogP contribution is 2.27. The fraction of sp³-hybridized carbons (Fsp3) is 0.474. The standard InChI is InChI=1S/C19H24N4O2/c24-11-16-5-3-7-23(16)19-9-18(21-13-22-19)20-10-14-8-15-4-1-2-6-17(15)25-12-14/h1-2,4,6,9,13-14,16,24H,3,5,7-8,10-12H2,(H,20,21,22)/t14-,16+/m1/s1. The molecule has 2 aliphatic rings. The van der Waals surface area contributed by atoms with Crippen molar-refractivity contribution in [3.05, 3.63) is 42.2 Å². The molecular weight excluding hydrogens is 316 g/mol. The molecule has 4 rings (SSSR count). The minimum absolute atomic E-state index is 0.172. The van der Waals surface area contributed by atoms with Gasteiger partial charge >= 0.3 is 0 Å². The van der Waals surface area contributed by atoms with Crippen molar-refractivity contribution in [2.45, 2.75) is 25.3 Å². The van der Waals surface area contributed by atoms with Crippen molar-refractivity contribution in [1.29, 1.82) is 0 Å². The third-order valence-corrected chi connectivity index (χ3v) is 5.06. The number of nitrogens with one attached hydrogen (secondary N) is 1. The second-order valence-corrected chi connectivity index (χ2v) is 6.80. The van der Waals surface area contributed by atoms with E-state index in [0.29, 0.717) is 5.92 Å². The molecule has 0 aliphatic carbocycles. The van der Waals surface area contributed by atoms with E-state index in [0.717, 1.165) is 56.3 Å². The van der Waals surface area contributed by atoms with Gasteiger partial charge in [0, 0.05) is 25.1 Å². The van der Waals surface area contributed by atoms with Crippen molar-refractivity contribution in [2.75, 3.05) is 36.5 Å². The van der Waals surface area contributed by atoms with E-state index in [1.807, 2.05) is 18.2 Å². The number of rotatable bonds is 5. The SMILES string of the molecule is OC[C@@H]1CCCN1c1cc(NC[C@@H]2COc3ccccc3C2)ncn1. The molecule has 1 saturated heterocycles. The summed E-state index contributed by atoms with van der Waals surface area (Å²) in [6.45, 7) is 2.65. The van der Waals surface area contributed by atoms with Crippen molar-refractivity contribution in [3.8, 4) is 5.75 Å². The van der Waals surface area contributed by atoms with E-state index in [4.69, 9.17) is 4.74 Å². The van der Waals surface area contributed by atoms with Crippen LogP contribution in [0.3, 0.4) is 0 Å². The number of anilines is 2. The zero-order valence-corrected chi connectivity index (χ0v) is 14.3. The average molecular weight is 340 g/mol. The van der Waals surface area contributed by atoms with Gasteiger partial charge in [0.25, 0.3) is 0 Å². The summed E-state index contributed by atoms with van der Waals surface area (Å²) in [4.78, 5) is 10.9. The lowest BCUT2D eigenvalue weighted by atomic mass is 9.97. The molecule has 6 heteroatoms. The number of aromatic nitrogens is 2. The minimum atomic E-state index is 0.172. The van der Waals surface area contributed by atoms with Gasteiger partial charge in [-0.15, -0.1) is 0 Å². The van der Waals surface area contributed by atoms with Crippen LogP contribution in [-0.4, -0.2) is 47.4 Å². The molecule has 0 spiro atoms. The van der Waals surface area contributed by atoms with Gasteiger partial charge in [-0.1, -0.05) is 18.2 Å². The Kier molecular flexibility index (Phi) is 4.70. The molecule has 1 aromatic carbocycles. The molecule has 2 aliphatic heterocycles. The Bertz CT molecular complexity index is 724. The second-order valence-electron chi connectivity index (χ2n) is 6.80. The van der Waals surface area contributed by atoms with E-state index in [1.165, 1.54) is 5.56 Å². The second kappa shape index (κ2) is 7.27. The van der Waals surface area contributed by atoms with E-state index in [1.54, 1.807) is 6.33 Å². The maximum atomic E-state index is 9.51. The minimum Gasteiger partial charge on any atom is -0.493 e. The Hall–Kier alpha value is -2.34. The first-order chi connectivity index (χ1) is 12.3. The van der Waals surface area contributed by atoms with Crippen LogP contribution < -0.4 is 15.0 Å². The smallest absolute Gasteiger partial charge is 0.134 e. The van der Waals surface area contributed by atoms with Crippen LogP contribution in [0.5, 0.6) is 5.75 Å². The number of benzene rings is 1. The van der Waals surface area contributed by atoms with Crippen molar-refractivity contribution in [2.24, 2.45) is 5.92 Å². The molecule has 2 aromatic rings. The number of fused-ring (bicyclic) bond motifs is 1. The molecule has 0 bridgehead atoms. The first-order valence-electron chi connectivity index (χ1n) is 8.97. The highest BCUT2D eigenvalue weighted by Gasteiger charge is 2.25. The van der Waals surface area contributed by atoms with Crippen LogP contribution in [0.1, 0.15) is 18.4 Å². The predicted molar refractivity (Wildman–Crippen MR) is 97.1 cm³/mol. The lowest BCUT2D eigenvalue weighted by molar-refractivity contribution is 0.229.